The molecule has 3 rings (SSSR count). The molecule has 0 fully saturated rings. The molecule has 3 nitrogen and oxygen atoms in total. The van der Waals surface area contributed by atoms with Crippen molar-refractivity contribution >= 4 is 17.2 Å². The van der Waals surface area contributed by atoms with Crippen LogP contribution in [0.25, 0.3) is 5.65 Å². The van der Waals surface area contributed by atoms with Gasteiger partial charge in [0.2, 0.25) is 0 Å². The van der Waals surface area contributed by atoms with Crippen LogP contribution in [0.5, 0.6) is 0 Å². The van der Waals surface area contributed by atoms with Crippen LogP contribution in [0.3, 0.4) is 0 Å². The maximum atomic E-state index is 6.60. The van der Waals surface area contributed by atoms with Crippen LogP contribution in [0.2, 0.25) is 5.15 Å². The zero-order valence-corrected chi connectivity index (χ0v) is 13.3. The first-order valence-electron chi connectivity index (χ1n) is 7.19. The van der Waals surface area contributed by atoms with Crippen LogP contribution in [-0.2, 0) is 12.8 Å². The summed E-state index contributed by atoms with van der Waals surface area (Å²) in [6.45, 7) is 6.15. The highest BCUT2D eigenvalue weighted by molar-refractivity contribution is 6.30. The predicted molar refractivity (Wildman–Crippen MR) is 86.1 cm³/mol. The highest BCUT2D eigenvalue weighted by Crippen LogP contribution is 2.26. The molecule has 2 aromatic heterocycles. The molecule has 0 aliphatic rings. The molecule has 1 aromatic carbocycles. The molecule has 0 radical (unpaired) electrons. The van der Waals surface area contributed by atoms with Crippen LogP contribution in [0.1, 0.15) is 35.0 Å². The molecular weight excluding hydrogens is 282 g/mol. The first kappa shape index (κ1) is 14.1. The Morgan fingerprint density at radius 1 is 1.05 bits per heavy atom. The second-order valence-corrected chi connectivity index (χ2v) is 5.64. The van der Waals surface area contributed by atoms with E-state index in [2.05, 4.69) is 24.2 Å². The van der Waals surface area contributed by atoms with E-state index >= 15 is 0 Å². The molecule has 0 N–H and O–H groups in total. The topological polar surface area (TPSA) is 30.2 Å². The van der Waals surface area contributed by atoms with Crippen LogP contribution in [0, 0.1) is 13.8 Å². The number of halogens is 1. The molecule has 0 atom stereocenters. The molecule has 108 valence electrons. The summed E-state index contributed by atoms with van der Waals surface area (Å²) < 4.78 is 1.78. The predicted octanol–water partition coefficient (Wildman–Crippen LogP) is 4.15. The van der Waals surface area contributed by atoms with Gasteiger partial charge >= 0.3 is 0 Å². The molecule has 0 amide bonds. The molecule has 2 heterocycles. The summed E-state index contributed by atoms with van der Waals surface area (Å²) in [4.78, 5) is 4.74. The van der Waals surface area contributed by atoms with Crippen molar-refractivity contribution in [3.8, 4) is 0 Å². The van der Waals surface area contributed by atoms with E-state index in [1.807, 2.05) is 32.0 Å². The van der Waals surface area contributed by atoms with Crippen molar-refractivity contribution < 1.29 is 0 Å². The highest BCUT2D eigenvalue weighted by atomic mass is 35.5. The van der Waals surface area contributed by atoms with E-state index < -0.39 is 0 Å². The van der Waals surface area contributed by atoms with E-state index in [9.17, 15) is 0 Å². The lowest BCUT2D eigenvalue weighted by Gasteiger charge is -2.10. The first-order chi connectivity index (χ1) is 10.1. The number of hydrogen-bond acceptors (Lipinski definition) is 2. The zero-order chi connectivity index (χ0) is 15.0. The second-order valence-electron chi connectivity index (χ2n) is 5.28. The van der Waals surface area contributed by atoms with Gasteiger partial charge in [0.15, 0.2) is 5.65 Å². The molecule has 0 aliphatic carbocycles. The third-order valence-corrected chi connectivity index (χ3v) is 4.27. The summed E-state index contributed by atoms with van der Waals surface area (Å²) in [5, 5.41) is 5.22. The van der Waals surface area contributed by atoms with Crippen LogP contribution in [0.4, 0.5) is 0 Å². The minimum atomic E-state index is 0.671. The van der Waals surface area contributed by atoms with Crippen LogP contribution < -0.4 is 0 Å². The lowest BCUT2D eigenvalue weighted by molar-refractivity contribution is 0.887. The van der Waals surface area contributed by atoms with Crippen LogP contribution in [-0.4, -0.2) is 14.6 Å². The third kappa shape index (κ3) is 2.42. The number of nitrogens with zero attached hydrogens (tertiary/aromatic N) is 3. The Morgan fingerprint density at radius 2 is 1.76 bits per heavy atom. The minimum Gasteiger partial charge on any atom is -0.233 e. The summed E-state index contributed by atoms with van der Waals surface area (Å²) in [5.74, 6) is 0. The van der Waals surface area contributed by atoms with E-state index in [-0.39, 0.29) is 0 Å². The average Bonchev–Trinajstić information content (AvgIpc) is 2.80. The lowest BCUT2D eigenvalue weighted by Crippen LogP contribution is -2.03. The monoisotopic (exact) mass is 299 g/mol. The molecule has 0 aliphatic heterocycles. The SMILES string of the molecule is CCc1c(C)nn2c(Cl)c(Cc3ccccc3)c(C)nc12. The Labute approximate surface area is 129 Å². The largest absolute Gasteiger partial charge is 0.233 e. The second kappa shape index (κ2) is 5.49. The van der Waals surface area contributed by atoms with E-state index in [4.69, 9.17) is 16.6 Å². The zero-order valence-electron chi connectivity index (χ0n) is 12.5. The van der Waals surface area contributed by atoms with Crippen LogP contribution >= 0.6 is 11.6 Å². The van der Waals surface area contributed by atoms with Gasteiger partial charge in [-0.15, -0.1) is 0 Å². The van der Waals surface area contributed by atoms with Gasteiger partial charge in [-0.25, -0.2) is 9.50 Å². The molecule has 3 aromatic rings. The lowest BCUT2D eigenvalue weighted by atomic mass is 10.1. The van der Waals surface area contributed by atoms with Gasteiger partial charge in [-0.2, -0.15) is 5.10 Å². The maximum Gasteiger partial charge on any atom is 0.160 e. The third-order valence-electron chi connectivity index (χ3n) is 3.88. The standard InChI is InChI=1S/C17H18ClN3/c1-4-14-12(3)20-21-16(18)15(11(2)19-17(14)21)10-13-8-6-5-7-9-13/h5-9H,4,10H2,1-3H3. The van der Waals surface area contributed by atoms with Crippen molar-refractivity contribution in [3.05, 3.63) is 63.6 Å². The van der Waals surface area contributed by atoms with Gasteiger partial charge in [0.05, 0.1) is 5.69 Å². The van der Waals surface area contributed by atoms with Crippen LogP contribution in [0.15, 0.2) is 30.3 Å². The molecule has 4 heteroatoms. The summed E-state index contributed by atoms with van der Waals surface area (Å²) in [5.41, 5.74) is 6.30. The van der Waals surface area contributed by atoms with Crippen molar-refractivity contribution in [2.75, 3.05) is 0 Å². The number of rotatable bonds is 3. The Hall–Kier alpha value is -1.87. The van der Waals surface area contributed by atoms with Gasteiger partial charge in [0.1, 0.15) is 5.15 Å². The average molecular weight is 300 g/mol. The van der Waals surface area contributed by atoms with Gasteiger partial charge in [0.25, 0.3) is 0 Å². The highest BCUT2D eigenvalue weighted by Gasteiger charge is 2.16. The molecule has 0 spiro atoms. The molecular formula is C17H18ClN3. The maximum absolute atomic E-state index is 6.60. The summed E-state index contributed by atoms with van der Waals surface area (Å²) >= 11 is 6.60. The van der Waals surface area contributed by atoms with Gasteiger partial charge < -0.3 is 0 Å². The van der Waals surface area contributed by atoms with Gasteiger partial charge in [-0.1, -0.05) is 48.9 Å². The quantitative estimate of drug-likeness (QED) is 0.680. The Kier molecular flexibility index (Phi) is 3.68. The summed E-state index contributed by atoms with van der Waals surface area (Å²) in [6, 6.07) is 10.3. The van der Waals surface area contributed by atoms with Crippen molar-refractivity contribution in [3.63, 3.8) is 0 Å². The number of hydrogen-bond donors (Lipinski definition) is 0. The van der Waals surface area contributed by atoms with E-state index in [1.54, 1.807) is 4.52 Å². The van der Waals surface area contributed by atoms with Crippen molar-refractivity contribution in [2.24, 2.45) is 0 Å². The number of aryl methyl sites for hydroxylation is 3. The van der Waals surface area contributed by atoms with Crippen molar-refractivity contribution in [2.45, 2.75) is 33.6 Å². The smallest absolute Gasteiger partial charge is 0.160 e. The number of aromatic nitrogens is 3. The molecule has 21 heavy (non-hydrogen) atoms. The van der Waals surface area contributed by atoms with E-state index in [0.717, 1.165) is 35.4 Å². The van der Waals surface area contributed by atoms with Crippen molar-refractivity contribution in [1.82, 2.24) is 14.6 Å². The fraction of sp³-hybridized carbons (Fsp3) is 0.294. The van der Waals surface area contributed by atoms with Gasteiger partial charge in [-0.3, -0.25) is 0 Å². The summed E-state index contributed by atoms with van der Waals surface area (Å²) in [7, 11) is 0. The van der Waals surface area contributed by atoms with Gasteiger partial charge in [0, 0.05) is 23.2 Å². The van der Waals surface area contributed by atoms with E-state index in [0.29, 0.717) is 5.15 Å². The van der Waals surface area contributed by atoms with Gasteiger partial charge in [-0.05, 0) is 25.8 Å². The number of benzene rings is 1. The normalized spacial score (nSPS) is 11.2. The van der Waals surface area contributed by atoms with Crippen molar-refractivity contribution in [1.29, 1.82) is 0 Å². The fourth-order valence-electron chi connectivity index (χ4n) is 2.72. The molecule has 0 saturated heterocycles. The summed E-state index contributed by atoms with van der Waals surface area (Å²) in [6.07, 6.45) is 1.69. The molecule has 0 saturated carbocycles. The first-order valence-corrected chi connectivity index (χ1v) is 7.56. The Balaban J connectivity index is 2.16. The Bertz CT molecular complexity index is 791. The fourth-order valence-corrected chi connectivity index (χ4v) is 3.04. The Morgan fingerprint density at radius 3 is 2.43 bits per heavy atom. The minimum absolute atomic E-state index is 0.671. The molecule has 0 bridgehead atoms. The number of fused-ring (bicyclic) bond motifs is 1. The van der Waals surface area contributed by atoms with E-state index in [1.165, 1.54) is 11.1 Å². The molecule has 0 unspecified atom stereocenters.